The molecule has 10 N–H and O–H groups in total. The lowest BCUT2D eigenvalue weighted by Gasteiger charge is -2.68. The van der Waals surface area contributed by atoms with Crippen LogP contribution in [0.4, 0.5) is 5.69 Å². The fourth-order valence-electron chi connectivity index (χ4n) is 13.9. The Balaban J connectivity index is 0.000000201. The SMILES string of the molecule is COc1ccccc1OCC(O)CN1CCN(CC(=O)Nc2c(C)cccc2C)CC1.C[C@@H]1O[C@@H](O[C@H]2C[C@@H](O)[C@]3(CO)[C@H]4[C@H](O)C[C@]5(C)[C@@H](C6=CC(=O)OC6)CC[C@]5(O)[C@@H]4CC[C@]3(O)C2)[C@H](O)[C@H](O)[C@H]1O. The van der Waals surface area contributed by atoms with Crippen molar-refractivity contribution in [2.24, 2.45) is 28.6 Å². The maximum atomic E-state index is 12.5. The number of benzene rings is 2. The Morgan fingerprint density at radius 1 is 0.903 bits per heavy atom. The molecule has 0 radical (unpaired) electrons. The third-order valence-electron chi connectivity index (χ3n) is 17.7. The monoisotopic (exact) mass is 1010 g/mol. The summed E-state index contributed by atoms with van der Waals surface area (Å²) >= 11 is 0. The number of nitrogens with one attached hydrogen (secondary N) is 1. The normalized spacial score (nSPS) is 39.3. The number of carbonyl (C=O) groups excluding carboxylic acids is 2. The van der Waals surface area contributed by atoms with Gasteiger partial charge in [0.2, 0.25) is 5.91 Å². The predicted octanol–water partition coefficient (Wildman–Crippen LogP) is 0.793. The van der Waals surface area contributed by atoms with Gasteiger partial charge in [0.15, 0.2) is 17.8 Å². The molecule has 72 heavy (non-hydrogen) atoms. The van der Waals surface area contributed by atoms with Gasteiger partial charge in [-0.2, -0.15) is 0 Å². The van der Waals surface area contributed by atoms with E-state index in [9.17, 15) is 55.5 Å². The maximum absolute atomic E-state index is 12.5. The molecule has 19 nitrogen and oxygen atoms in total. The number of nitrogens with zero attached hydrogens (tertiary/aromatic N) is 2. The molecule has 0 spiro atoms. The molecule has 1 amide bonds. The molecule has 0 bridgehead atoms. The lowest BCUT2D eigenvalue weighted by molar-refractivity contribution is -0.342. The summed E-state index contributed by atoms with van der Waals surface area (Å²) in [4.78, 5) is 28.7. The van der Waals surface area contributed by atoms with Crippen molar-refractivity contribution in [3.8, 4) is 11.5 Å². The van der Waals surface area contributed by atoms with Gasteiger partial charge in [-0.15, -0.1) is 0 Å². The number of anilines is 1. The molecule has 6 fully saturated rings. The van der Waals surface area contributed by atoms with Gasteiger partial charge >= 0.3 is 5.97 Å². The Labute approximate surface area is 421 Å². The summed E-state index contributed by atoms with van der Waals surface area (Å²) in [7, 11) is 1.60. The van der Waals surface area contributed by atoms with Crippen LogP contribution in [0.15, 0.2) is 54.1 Å². The van der Waals surface area contributed by atoms with Crippen molar-refractivity contribution in [3.05, 3.63) is 65.2 Å². The summed E-state index contributed by atoms with van der Waals surface area (Å²) in [5.74, 6) is -0.637. The highest BCUT2D eigenvalue weighted by Gasteiger charge is 2.75. The van der Waals surface area contributed by atoms with Crippen LogP contribution in [0, 0.1) is 42.4 Å². The molecule has 3 heterocycles. The van der Waals surface area contributed by atoms with Crippen molar-refractivity contribution in [2.75, 3.05) is 71.5 Å². The van der Waals surface area contributed by atoms with E-state index in [0.29, 0.717) is 43.9 Å². The molecule has 2 aromatic carbocycles. The summed E-state index contributed by atoms with van der Waals surface area (Å²) in [6, 6.07) is 13.4. The zero-order chi connectivity index (χ0) is 51.9. The van der Waals surface area contributed by atoms with Crippen LogP contribution in [0.25, 0.3) is 0 Å². The van der Waals surface area contributed by atoms with Gasteiger partial charge in [0.1, 0.15) is 37.6 Å². The number of fused-ring (bicyclic) bond motifs is 5. The summed E-state index contributed by atoms with van der Waals surface area (Å²) in [5.41, 5.74) is -1.41. The first-order valence-electron chi connectivity index (χ1n) is 25.6. The van der Waals surface area contributed by atoms with Gasteiger partial charge in [-0.05, 0) is 93.5 Å². The molecule has 2 aromatic rings. The van der Waals surface area contributed by atoms with Gasteiger partial charge in [0.05, 0.1) is 61.3 Å². The average molecular weight is 1010 g/mol. The van der Waals surface area contributed by atoms with Gasteiger partial charge in [0.25, 0.3) is 0 Å². The molecular weight excluding hydrogens is 935 g/mol. The van der Waals surface area contributed by atoms with Crippen molar-refractivity contribution in [3.63, 3.8) is 0 Å². The Kier molecular flexibility index (Phi) is 16.5. The van der Waals surface area contributed by atoms with Crippen LogP contribution in [0.3, 0.4) is 0 Å². The van der Waals surface area contributed by atoms with Crippen molar-refractivity contribution < 1.29 is 79.2 Å². The average Bonchev–Trinajstić information content (AvgIpc) is 3.89. The minimum absolute atomic E-state index is 0.0103. The Morgan fingerprint density at radius 3 is 2.24 bits per heavy atom. The number of cyclic esters (lactones) is 1. The number of para-hydroxylation sites is 3. The van der Waals surface area contributed by atoms with Crippen LogP contribution in [0.5, 0.6) is 11.5 Å². The second kappa shape index (κ2) is 21.8. The molecule has 4 saturated carbocycles. The molecule has 7 aliphatic rings. The number of carbonyl (C=O) groups is 2. The number of esters is 1. The molecule has 400 valence electrons. The standard InChI is InChI=1S/C29H44O12.C24H33N3O4/c1-13-22(34)23(35)24(36)25(40-13)41-15-8-19(32)28(12-30)21-17(3-5-27(28,37)9-15)29(38)6-4-16(14-7-20(33)39-11-14)26(29,2)10-18(21)31;1-18-7-6-8-19(2)24(18)25-23(29)16-27-13-11-26(12-14-27)15-20(28)17-31-22-10-5-4-9-21(22)30-3/h7,13,15-19,21-25,30-32,34-38H,3-6,8-12H2,1-2H3;4-10,20,28H,11-17H2,1-3H3,(H,25,29)/t13-,15-,16+,17+,18+,19+,21+,22-,23+,24+,25-,26+,27-,28+,29-;/m0./s1. The van der Waals surface area contributed by atoms with Crippen molar-refractivity contribution >= 4 is 17.6 Å². The molecular formula is C53H77N3O16. The molecule has 0 aromatic heterocycles. The molecule has 4 aliphatic carbocycles. The van der Waals surface area contributed by atoms with Crippen molar-refractivity contribution in [1.29, 1.82) is 0 Å². The summed E-state index contributed by atoms with van der Waals surface area (Å²) in [6.45, 7) is 11.3. The van der Waals surface area contributed by atoms with Gasteiger partial charge in [-0.1, -0.05) is 37.3 Å². The highest BCUT2D eigenvalue weighted by atomic mass is 16.7. The molecule has 2 saturated heterocycles. The number of hydrogen-bond donors (Lipinski definition) is 10. The molecule has 16 atom stereocenters. The number of hydrogen-bond acceptors (Lipinski definition) is 18. The van der Waals surface area contributed by atoms with Crippen LogP contribution in [-0.2, 0) is 23.8 Å². The summed E-state index contributed by atoms with van der Waals surface area (Å²) < 4.78 is 27.7. The first-order valence-corrected chi connectivity index (χ1v) is 25.6. The van der Waals surface area contributed by atoms with E-state index in [2.05, 4.69) is 15.1 Å². The number of aliphatic hydroxyl groups is 9. The topological polar surface area (TPSA) is 281 Å². The molecule has 3 aliphatic heterocycles. The van der Waals surface area contributed by atoms with Gasteiger partial charge in [0, 0.05) is 68.7 Å². The third kappa shape index (κ3) is 10.2. The number of ether oxygens (including phenoxy) is 5. The number of aryl methyl sites for hydroxylation is 2. The van der Waals surface area contributed by atoms with E-state index in [1.165, 1.54) is 13.0 Å². The van der Waals surface area contributed by atoms with Crippen LogP contribution in [0.2, 0.25) is 0 Å². The molecule has 9 rings (SSSR count). The van der Waals surface area contributed by atoms with E-state index in [4.69, 9.17) is 23.7 Å². The number of amides is 1. The lowest BCUT2D eigenvalue weighted by atomic mass is 9.40. The minimum atomic E-state index is -1.67. The minimum Gasteiger partial charge on any atom is -0.493 e. The zero-order valence-corrected chi connectivity index (χ0v) is 42.1. The van der Waals surface area contributed by atoms with Crippen LogP contribution in [-0.4, -0.2) is 200 Å². The number of rotatable bonds is 13. The number of methoxy groups -OCH3 is 1. The Hall–Kier alpha value is -3.80. The Morgan fingerprint density at radius 2 is 1.58 bits per heavy atom. The second-order valence-corrected chi connectivity index (χ2v) is 21.8. The summed E-state index contributed by atoms with van der Waals surface area (Å²) in [5, 5.41) is 103. The van der Waals surface area contributed by atoms with E-state index in [1.807, 2.05) is 63.2 Å². The largest absolute Gasteiger partial charge is 0.493 e. The maximum Gasteiger partial charge on any atom is 0.331 e. The van der Waals surface area contributed by atoms with E-state index in [0.717, 1.165) is 48.6 Å². The first-order chi connectivity index (χ1) is 34.2. The second-order valence-electron chi connectivity index (χ2n) is 21.8. The first kappa shape index (κ1) is 54.5. The predicted molar refractivity (Wildman–Crippen MR) is 261 cm³/mol. The van der Waals surface area contributed by atoms with Crippen LogP contribution >= 0.6 is 0 Å². The van der Waals surface area contributed by atoms with E-state index in [1.54, 1.807) is 7.11 Å². The third-order valence-corrected chi connectivity index (χ3v) is 17.7. The zero-order valence-electron chi connectivity index (χ0n) is 42.1. The highest BCUT2D eigenvalue weighted by Crippen LogP contribution is 2.70. The van der Waals surface area contributed by atoms with Gasteiger partial charge in [-0.25, -0.2) is 4.79 Å². The number of aliphatic hydroxyl groups excluding tert-OH is 7. The molecule has 19 heteroatoms. The van der Waals surface area contributed by atoms with Gasteiger partial charge in [-0.3, -0.25) is 14.6 Å². The smallest absolute Gasteiger partial charge is 0.331 e. The van der Waals surface area contributed by atoms with E-state index >= 15 is 0 Å². The fourth-order valence-corrected chi connectivity index (χ4v) is 13.9. The van der Waals surface area contributed by atoms with E-state index < -0.39 is 102 Å². The van der Waals surface area contributed by atoms with Gasteiger partial charge < -0.3 is 75.0 Å². The highest BCUT2D eigenvalue weighted by molar-refractivity contribution is 5.93. The Bertz CT molecular complexity index is 2240. The van der Waals surface area contributed by atoms with Crippen LogP contribution in [0.1, 0.15) is 69.9 Å². The van der Waals surface area contributed by atoms with Crippen molar-refractivity contribution in [2.45, 2.75) is 139 Å². The lowest BCUT2D eigenvalue weighted by Crippen LogP contribution is -2.76. The summed E-state index contributed by atoms with van der Waals surface area (Å²) in [6.07, 6.45) is -7.27. The number of β-amino-alcohol motifs (C(OH)–C–C–N with tert-alkyl or cyclic N) is 1. The molecule has 1 unspecified atom stereocenters. The van der Waals surface area contributed by atoms with E-state index in [-0.39, 0.29) is 50.7 Å². The fraction of sp³-hybridized carbons (Fsp3) is 0.698. The quantitative estimate of drug-likeness (QED) is 0.0981. The van der Waals surface area contributed by atoms with Crippen LogP contribution < -0.4 is 14.8 Å². The van der Waals surface area contributed by atoms with Crippen molar-refractivity contribution in [1.82, 2.24) is 9.80 Å². The number of piperazine rings is 1.